The molecule has 1 aliphatic rings. The number of aryl methyl sites for hydroxylation is 1. The smallest absolute Gasteiger partial charge is 0.320 e. The number of hydrogen-bond acceptors (Lipinski definition) is 7. The number of carbonyl (C=O) groups is 2. The van der Waals surface area contributed by atoms with Crippen LogP contribution in [0.3, 0.4) is 0 Å². The Labute approximate surface area is 182 Å². The van der Waals surface area contributed by atoms with E-state index in [0.717, 1.165) is 16.8 Å². The lowest BCUT2D eigenvalue weighted by Crippen LogP contribution is -2.42. The standard InChI is InChI=1S/C23H29N3O5/c1-4-30-23(28)16-25(11-13-29-3)15-22(27)26-20(21-6-5-12-31-21)14-19(24-26)18-9-7-17(2)8-10-18/h5-10,12,20H,4,11,13-16H2,1-3H3. The first-order valence-electron chi connectivity index (χ1n) is 10.4. The number of furan rings is 1. The van der Waals surface area contributed by atoms with Crippen molar-refractivity contribution in [3.63, 3.8) is 0 Å². The Morgan fingerprint density at radius 2 is 2.00 bits per heavy atom. The van der Waals surface area contributed by atoms with Gasteiger partial charge in [0.1, 0.15) is 11.8 Å². The van der Waals surface area contributed by atoms with E-state index in [1.165, 1.54) is 5.01 Å². The number of rotatable bonds is 10. The van der Waals surface area contributed by atoms with Crippen LogP contribution in [-0.4, -0.2) is 67.5 Å². The Kier molecular flexibility index (Phi) is 7.97. The molecular formula is C23H29N3O5. The zero-order valence-corrected chi connectivity index (χ0v) is 18.2. The predicted molar refractivity (Wildman–Crippen MR) is 116 cm³/mol. The molecule has 0 radical (unpaired) electrons. The molecule has 1 aromatic carbocycles. The third kappa shape index (κ3) is 6.02. The quantitative estimate of drug-likeness (QED) is 0.542. The van der Waals surface area contributed by atoms with Crippen molar-refractivity contribution in [3.8, 4) is 0 Å². The van der Waals surface area contributed by atoms with Gasteiger partial charge in [0, 0.05) is 20.1 Å². The van der Waals surface area contributed by atoms with E-state index in [9.17, 15) is 9.59 Å². The van der Waals surface area contributed by atoms with Gasteiger partial charge < -0.3 is 13.9 Å². The molecule has 0 fully saturated rings. The minimum Gasteiger partial charge on any atom is -0.467 e. The molecule has 0 saturated carbocycles. The van der Waals surface area contributed by atoms with E-state index in [1.807, 2.05) is 37.3 Å². The summed E-state index contributed by atoms with van der Waals surface area (Å²) in [5.41, 5.74) is 2.95. The van der Waals surface area contributed by atoms with Gasteiger partial charge in [0.2, 0.25) is 0 Å². The fourth-order valence-electron chi connectivity index (χ4n) is 3.45. The van der Waals surface area contributed by atoms with Gasteiger partial charge in [0.25, 0.3) is 5.91 Å². The number of benzene rings is 1. The lowest BCUT2D eigenvalue weighted by Gasteiger charge is -2.25. The Hall–Kier alpha value is -2.97. The number of carbonyl (C=O) groups excluding carboxylic acids is 2. The molecule has 0 bridgehead atoms. The maximum atomic E-state index is 13.2. The van der Waals surface area contributed by atoms with E-state index in [1.54, 1.807) is 31.3 Å². The second-order valence-electron chi connectivity index (χ2n) is 7.39. The van der Waals surface area contributed by atoms with Crippen LogP contribution in [0.4, 0.5) is 0 Å². The fraction of sp³-hybridized carbons (Fsp3) is 0.435. The van der Waals surface area contributed by atoms with Gasteiger partial charge in [0.05, 0.1) is 38.3 Å². The van der Waals surface area contributed by atoms with Crippen LogP contribution in [0.1, 0.15) is 36.3 Å². The number of hydrogen-bond donors (Lipinski definition) is 0. The molecule has 2 heterocycles. The van der Waals surface area contributed by atoms with Crippen LogP contribution in [-0.2, 0) is 19.1 Å². The largest absolute Gasteiger partial charge is 0.467 e. The molecule has 2 aromatic rings. The summed E-state index contributed by atoms with van der Waals surface area (Å²) in [6, 6.07) is 11.4. The number of hydrazone groups is 1. The van der Waals surface area contributed by atoms with Gasteiger partial charge in [-0.05, 0) is 31.5 Å². The molecule has 8 nitrogen and oxygen atoms in total. The van der Waals surface area contributed by atoms with Crippen molar-refractivity contribution in [2.24, 2.45) is 5.10 Å². The Morgan fingerprint density at radius 1 is 1.23 bits per heavy atom. The maximum absolute atomic E-state index is 13.2. The molecule has 166 valence electrons. The van der Waals surface area contributed by atoms with Gasteiger partial charge in [-0.1, -0.05) is 29.8 Å². The van der Waals surface area contributed by atoms with Crippen molar-refractivity contribution in [2.75, 3.05) is 40.0 Å². The van der Waals surface area contributed by atoms with Crippen LogP contribution in [0, 0.1) is 6.92 Å². The highest BCUT2D eigenvalue weighted by atomic mass is 16.5. The average molecular weight is 428 g/mol. The molecule has 1 aromatic heterocycles. The monoisotopic (exact) mass is 427 g/mol. The highest BCUT2D eigenvalue weighted by molar-refractivity contribution is 6.03. The first-order valence-corrected chi connectivity index (χ1v) is 10.4. The summed E-state index contributed by atoms with van der Waals surface area (Å²) in [6.07, 6.45) is 2.14. The van der Waals surface area contributed by atoms with Gasteiger partial charge in [0.15, 0.2) is 0 Å². The predicted octanol–water partition coefficient (Wildman–Crippen LogP) is 2.78. The van der Waals surface area contributed by atoms with E-state index in [4.69, 9.17) is 13.9 Å². The molecule has 1 unspecified atom stereocenters. The summed E-state index contributed by atoms with van der Waals surface area (Å²) in [6.45, 7) is 4.92. The Bertz CT molecular complexity index is 892. The van der Waals surface area contributed by atoms with Crippen molar-refractivity contribution < 1.29 is 23.5 Å². The lowest BCUT2D eigenvalue weighted by molar-refractivity contribution is -0.145. The Balaban J connectivity index is 1.79. The molecule has 1 atom stereocenters. The van der Waals surface area contributed by atoms with Crippen LogP contribution in [0.25, 0.3) is 0 Å². The molecule has 31 heavy (non-hydrogen) atoms. The van der Waals surface area contributed by atoms with Gasteiger partial charge in [-0.2, -0.15) is 5.10 Å². The van der Waals surface area contributed by atoms with Gasteiger partial charge in [-0.3, -0.25) is 14.5 Å². The molecule has 0 N–H and O–H groups in total. The van der Waals surface area contributed by atoms with Crippen LogP contribution in [0.15, 0.2) is 52.2 Å². The first kappa shape index (κ1) is 22.7. The molecular weight excluding hydrogens is 398 g/mol. The Morgan fingerprint density at radius 3 is 2.65 bits per heavy atom. The van der Waals surface area contributed by atoms with E-state index >= 15 is 0 Å². The van der Waals surface area contributed by atoms with E-state index in [-0.39, 0.29) is 31.0 Å². The number of esters is 1. The average Bonchev–Trinajstić information content (AvgIpc) is 3.42. The van der Waals surface area contributed by atoms with Gasteiger partial charge in [-0.15, -0.1) is 0 Å². The molecule has 1 aliphatic heterocycles. The zero-order valence-electron chi connectivity index (χ0n) is 18.2. The summed E-state index contributed by atoms with van der Waals surface area (Å²) in [5.74, 6) is 0.0798. The third-order valence-electron chi connectivity index (χ3n) is 5.05. The highest BCUT2D eigenvalue weighted by Gasteiger charge is 2.35. The maximum Gasteiger partial charge on any atom is 0.320 e. The van der Waals surface area contributed by atoms with E-state index in [2.05, 4.69) is 5.10 Å². The molecule has 1 amide bonds. The molecule has 0 spiro atoms. The zero-order chi connectivity index (χ0) is 22.2. The van der Waals surface area contributed by atoms with Crippen molar-refractivity contribution >= 4 is 17.6 Å². The summed E-state index contributed by atoms with van der Waals surface area (Å²) in [7, 11) is 1.58. The SMILES string of the molecule is CCOC(=O)CN(CCOC)CC(=O)N1N=C(c2ccc(C)cc2)CC1c1ccco1. The first-order chi connectivity index (χ1) is 15.0. The third-order valence-corrected chi connectivity index (χ3v) is 5.05. The number of nitrogens with zero attached hydrogens (tertiary/aromatic N) is 3. The van der Waals surface area contributed by atoms with Crippen molar-refractivity contribution in [1.29, 1.82) is 0 Å². The molecule has 3 rings (SSSR count). The van der Waals surface area contributed by atoms with Crippen molar-refractivity contribution in [2.45, 2.75) is 26.3 Å². The summed E-state index contributed by atoms with van der Waals surface area (Å²) in [4.78, 5) is 26.9. The van der Waals surface area contributed by atoms with Crippen molar-refractivity contribution in [1.82, 2.24) is 9.91 Å². The molecule has 0 saturated heterocycles. The van der Waals surface area contributed by atoms with Gasteiger partial charge in [-0.25, -0.2) is 5.01 Å². The normalized spacial score (nSPS) is 15.9. The topological polar surface area (TPSA) is 84.6 Å². The number of amides is 1. The molecule has 0 aliphatic carbocycles. The second kappa shape index (κ2) is 10.9. The second-order valence-corrected chi connectivity index (χ2v) is 7.39. The highest BCUT2D eigenvalue weighted by Crippen LogP contribution is 2.33. The molecule has 8 heteroatoms. The van der Waals surface area contributed by atoms with Crippen LogP contribution in [0.5, 0.6) is 0 Å². The van der Waals surface area contributed by atoms with Crippen molar-refractivity contribution in [3.05, 3.63) is 59.5 Å². The summed E-state index contributed by atoms with van der Waals surface area (Å²) in [5, 5.41) is 6.11. The minimum absolute atomic E-state index is 0.0106. The fourth-order valence-corrected chi connectivity index (χ4v) is 3.45. The van der Waals surface area contributed by atoms with Crippen LogP contribution in [0.2, 0.25) is 0 Å². The summed E-state index contributed by atoms with van der Waals surface area (Å²) < 4.78 is 15.8. The van der Waals surface area contributed by atoms with E-state index < -0.39 is 0 Å². The van der Waals surface area contributed by atoms with E-state index in [0.29, 0.717) is 31.9 Å². The minimum atomic E-state index is -0.376. The lowest BCUT2D eigenvalue weighted by atomic mass is 10.0. The van der Waals surface area contributed by atoms with Crippen LogP contribution < -0.4 is 0 Å². The van der Waals surface area contributed by atoms with Gasteiger partial charge >= 0.3 is 5.97 Å². The summed E-state index contributed by atoms with van der Waals surface area (Å²) >= 11 is 0. The number of ether oxygens (including phenoxy) is 2. The number of methoxy groups -OCH3 is 1. The van der Waals surface area contributed by atoms with Crippen LogP contribution >= 0.6 is 0 Å².